The maximum Gasteiger partial charge on any atom is 0.325 e. The summed E-state index contributed by atoms with van der Waals surface area (Å²) in [6.45, 7) is 3.61. The molecule has 3 N–H and O–H groups in total. The van der Waals surface area contributed by atoms with E-state index in [4.69, 9.17) is 15.5 Å². The second-order valence-corrected chi connectivity index (χ2v) is 2.80. The second-order valence-electron chi connectivity index (χ2n) is 2.80. The van der Waals surface area contributed by atoms with Gasteiger partial charge in [0.15, 0.2) is 6.04 Å². The Balaban J connectivity index is 4.01. The van der Waals surface area contributed by atoms with Gasteiger partial charge in [-0.1, -0.05) is 19.1 Å². The average Bonchev–Trinajstić information content (AvgIpc) is 1.81. The van der Waals surface area contributed by atoms with E-state index in [1.165, 1.54) is 0 Å². The quantitative estimate of drug-likeness (QED) is 0.528. The van der Waals surface area contributed by atoms with Gasteiger partial charge in [-0.05, 0) is 12.3 Å². The molecule has 0 radical (unpaired) electrons. The molecule has 5 nitrogen and oxygen atoms in total. The molecule has 0 unspecified atom stereocenters. The summed E-state index contributed by atoms with van der Waals surface area (Å²) in [5, 5.41) is 25.0. The van der Waals surface area contributed by atoms with Crippen LogP contribution in [0.2, 0.25) is 0 Å². The lowest BCUT2D eigenvalue weighted by molar-refractivity contribution is -0.329. The van der Waals surface area contributed by atoms with Crippen molar-refractivity contribution >= 4 is 5.97 Å². The van der Waals surface area contributed by atoms with E-state index in [2.05, 4.69) is 0 Å². The molecule has 0 aliphatic carbocycles. The Morgan fingerprint density at radius 2 is 1.91 bits per heavy atom. The third kappa shape index (κ3) is 3.92. The lowest BCUT2D eigenvalue weighted by atomic mass is 10.0. The summed E-state index contributed by atoms with van der Waals surface area (Å²) in [5.41, 5.74) is 0. The molecule has 66 valence electrons. The highest BCUT2D eigenvalue weighted by atomic mass is 16.8. The Labute approximate surface area is 64.8 Å². The Hall–Kier alpha value is -0.650. The summed E-state index contributed by atoms with van der Waals surface area (Å²) in [4.78, 5) is 10.3. The highest BCUT2D eigenvalue weighted by Crippen LogP contribution is 2.08. The van der Waals surface area contributed by atoms with Crippen molar-refractivity contribution in [3.8, 4) is 0 Å². The normalized spacial score (nSPS) is 14.0. The summed E-state index contributed by atoms with van der Waals surface area (Å²) >= 11 is 0. The first kappa shape index (κ1) is 10.3. The van der Waals surface area contributed by atoms with Crippen LogP contribution in [0.15, 0.2) is 0 Å². The molecule has 0 saturated carbocycles. The van der Waals surface area contributed by atoms with Gasteiger partial charge in [-0.2, -0.15) is 0 Å². The van der Waals surface area contributed by atoms with Crippen LogP contribution in [0.1, 0.15) is 20.3 Å². The fourth-order valence-corrected chi connectivity index (χ4v) is 0.740. The zero-order chi connectivity index (χ0) is 9.02. The Morgan fingerprint density at radius 1 is 1.45 bits per heavy atom. The van der Waals surface area contributed by atoms with Gasteiger partial charge in [-0.25, -0.2) is 0 Å². The molecule has 1 atom stereocenters. The van der Waals surface area contributed by atoms with Gasteiger partial charge in [0.25, 0.3) is 0 Å². The van der Waals surface area contributed by atoms with Crippen LogP contribution in [0.25, 0.3) is 0 Å². The van der Waals surface area contributed by atoms with Crippen LogP contribution in [0.3, 0.4) is 0 Å². The number of carboxylic acid groups (broad SMARTS) is 1. The molecule has 0 aliphatic rings. The van der Waals surface area contributed by atoms with Crippen LogP contribution < -0.4 is 0 Å². The van der Waals surface area contributed by atoms with Crippen LogP contribution in [0.4, 0.5) is 0 Å². The first-order valence-corrected chi connectivity index (χ1v) is 3.35. The van der Waals surface area contributed by atoms with E-state index in [0.29, 0.717) is 0 Å². The molecular formula is C6H13NO4. The lowest BCUT2D eigenvalue weighted by Crippen LogP contribution is -2.37. The minimum Gasteiger partial charge on any atom is -0.480 e. The van der Waals surface area contributed by atoms with Crippen molar-refractivity contribution < 1.29 is 20.3 Å². The van der Waals surface area contributed by atoms with E-state index in [1.807, 2.05) is 0 Å². The van der Waals surface area contributed by atoms with E-state index in [9.17, 15) is 4.79 Å². The molecule has 0 aromatic heterocycles. The molecule has 0 amide bonds. The Kier molecular flexibility index (Phi) is 4.02. The average molecular weight is 163 g/mol. The van der Waals surface area contributed by atoms with Crippen molar-refractivity contribution in [3.05, 3.63) is 0 Å². The fourth-order valence-electron chi connectivity index (χ4n) is 0.740. The number of nitrogens with zero attached hydrogens (tertiary/aromatic N) is 1. The smallest absolute Gasteiger partial charge is 0.325 e. The zero-order valence-electron chi connectivity index (χ0n) is 6.56. The zero-order valence-corrected chi connectivity index (χ0v) is 6.56. The summed E-state index contributed by atoms with van der Waals surface area (Å²) < 4.78 is 0. The molecule has 5 heteroatoms. The molecule has 0 fully saturated rings. The summed E-state index contributed by atoms with van der Waals surface area (Å²) in [6, 6.07) is -1.23. The number of hydrogen-bond donors (Lipinski definition) is 3. The van der Waals surface area contributed by atoms with Gasteiger partial charge in [0, 0.05) is 0 Å². The van der Waals surface area contributed by atoms with Crippen LogP contribution >= 0.6 is 0 Å². The molecule has 0 aliphatic heterocycles. The van der Waals surface area contributed by atoms with E-state index >= 15 is 0 Å². The van der Waals surface area contributed by atoms with Gasteiger partial charge in [0.2, 0.25) is 0 Å². The Morgan fingerprint density at radius 3 is 2.00 bits per heavy atom. The lowest BCUT2D eigenvalue weighted by Gasteiger charge is -2.17. The minimum absolute atomic E-state index is 0.109. The van der Waals surface area contributed by atoms with Crippen LogP contribution in [0, 0.1) is 5.92 Å². The van der Waals surface area contributed by atoms with Crippen molar-refractivity contribution in [1.29, 1.82) is 0 Å². The number of carbonyl (C=O) groups is 1. The van der Waals surface area contributed by atoms with Gasteiger partial charge in [-0.3, -0.25) is 15.2 Å². The van der Waals surface area contributed by atoms with Crippen LogP contribution in [-0.4, -0.2) is 32.8 Å². The van der Waals surface area contributed by atoms with Gasteiger partial charge in [0.1, 0.15) is 0 Å². The SMILES string of the molecule is CC(C)C[C@@H](C(=O)O)N(O)O. The van der Waals surface area contributed by atoms with Gasteiger partial charge < -0.3 is 5.11 Å². The van der Waals surface area contributed by atoms with Crippen LogP contribution in [-0.2, 0) is 4.79 Å². The van der Waals surface area contributed by atoms with Crippen molar-refractivity contribution in [2.45, 2.75) is 26.3 Å². The first-order chi connectivity index (χ1) is 4.95. The topological polar surface area (TPSA) is 81.0 Å². The van der Waals surface area contributed by atoms with Gasteiger partial charge >= 0.3 is 5.97 Å². The summed E-state index contributed by atoms with van der Waals surface area (Å²) in [7, 11) is 0. The third-order valence-electron chi connectivity index (χ3n) is 1.26. The van der Waals surface area contributed by atoms with E-state index in [0.717, 1.165) is 0 Å². The first-order valence-electron chi connectivity index (χ1n) is 3.35. The molecule has 0 aromatic carbocycles. The predicted octanol–water partition coefficient (Wildman–Crippen LogP) is 0.566. The molecule has 0 rings (SSSR count). The number of hydrogen-bond acceptors (Lipinski definition) is 4. The molecule has 0 aromatic rings. The minimum atomic E-state index is -1.23. The van der Waals surface area contributed by atoms with Crippen molar-refractivity contribution in [3.63, 3.8) is 0 Å². The number of aliphatic carboxylic acids is 1. The second kappa shape index (κ2) is 4.27. The molecule has 0 bridgehead atoms. The summed E-state index contributed by atoms with van der Waals surface area (Å²) in [6.07, 6.45) is 0.211. The van der Waals surface area contributed by atoms with Crippen molar-refractivity contribution in [2.75, 3.05) is 0 Å². The van der Waals surface area contributed by atoms with E-state index < -0.39 is 12.0 Å². The largest absolute Gasteiger partial charge is 0.480 e. The van der Waals surface area contributed by atoms with E-state index in [1.54, 1.807) is 13.8 Å². The standard InChI is InChI=1S/C6H13NO4/c1-4(2)3-5(6(8)9)7(10)11/h4-5,10-11H,3H2,1-2H3,(H,8,9)/t5-/m0/s1. The van der Waals surface area contributed by atoms with Crippen molar-refractivity contribution in [1.82, 2.24) is 5.23 Å². The van der Waals surface area contributed by atoms with Crippen LogP contribution in [0.5, 0.6) is 0 Å². The third-order valence-corrected chi connectivity index (χ3v) is 1.26. The molecule has 0 saturated heterocycles. The summed E-state index contributed by atoms with van der Waals surface area (Å²) in [5.74, 6) is -1.12. The maximum absolute atomic E-state index is 10.3. The molecule has 11 heavy (non-hydrogen) atoms. The predicted molar refractivity (Wildman–Crippen MR) is 36.3 cm³/mol. The van der Waals surface area contributed by atoms with Gasteiger partial charge in [-0.15, -0.1) is 0 Å². The number of hydroxylamine groups is 2. The highest BCUT2D eigenvalue weighted by Gasteiger charge is 2.23. The molecule has 0 heterocycles. The van der Waals surface area contributed by atoms with E-state index in [-0.39, 0.29) is 17.6 Å². The Bertz CT molecular complexity index is 135. The number of rotatable bonds is 4. The van der Waals surface area contributed by atoms with Crippen molar-refractivity contribution in [2.24, 2.45) is 5.92 Å². The highest BCUT2D eigenvalue weighted by molar-refractivity contribution is 5.72. The molecular weight excluding hydrogens is 150 g/mol. The maximum atomic E-state index is 10.3. The van der Waals surface area contributed by atoms with Gasteiger partial charge in [0.05, 0.1) is 0 Å². The monoisotopic (exact) mass is 163 g/mol. The molecule has 0 spiro atoms. The fraction of sp³-hybridized carbons (Fsp3) is 0.833. The number of carboxylic acids is 1.